The molecule has 2 aromatic carbocycles. The maximum Gasteiger partial charge on any atom is 0.279 e. The number of methoxy groups -OCH3 is 1. The number of H-pyrrole nitrogens is 1. The van der Waals surface area contributed by atoms with Crippen LogP contribution in [-0.2, 0) is 4.79 Å². The summed E-state index contributed by atoms with van der Waals surface area (Å²) in [5.74, 6) is 1.11. The second-order valence-corrected chi connectivity index (χ2v) is 6.49. The Hall–Kier alpha value is -3.19. The number of para-hydroxylation sites is 1. The summed E-state index contributed by atoms with van der Waals surface area (Å²) in [5.41, 5.74) is 1.16. The molecule has 0 saturated heterocycles. The summed E-state index contributed by atoms with van der Waals surface area (Å²) < 4.78 is 5.16. The van der Waals surface area contributed by atoms with E-state index in [9.17, 15) is 9.59 Å². The van der Waals surface area contributed by atoms with Gasteiger partial charge in [0.1, 0.15) is 11.8 Å². The van der Waals surface area contributed by atoms with Gasteiger partial charge in [0.25, 0.3) is 11.5 Å². The summed E-state index contributed by atoms with van der Waals surface area (Å²) in [6.45, 7) is 2.16. The molecule has 0 fully saturated rings. The van der Waals surface area contributed by atoms with Crippen LogP contribution in [0.2, 0.25) is 0 Å². The lowest BCUT2D eigenvalue weighted by atomic mass is 10.2. The second-order valence-electron chi connectivity index (χ2n) is 6.49. The van der Waals surface area contributed by atoms with Crippen LogP contribution < -0.4 is 20.5 Å². The smallest absolute Gasteiger partial charge is 0.279 e. The highest BCUT2D eigenvalue weighted by Crippen LogP contribution is 2.16. The van der Waals surface area contributed by atoms with E-state index in [0.29, 0.717) is 28.2 Å². The Labute approximate surface area is 157 Å². The Morgan fingerprint density at radius 2 is 2.04 bits per heavy atom. The van der Waals surface area contributed by atoms with Gasteiger partial charge in [0.2, 0.25) is 0 Å². The minimum absolute atomic E-state index is 0.129. The average molecular weight is 367 g/mol. The molecule has 2 atom stereocenters. The Morgan fingerprint density at radius 3 is 2.81 bits per heavy atom. The van der Waals surface area contributed by atoms with E-state index in [1.807, 2.05) is 50.4 Å². The van der Waals surface area contributed by atoms with Gasteiger partial charge in [-0.25, -0.2) is 4.98 Å². The summed E-state index contributed by atoms with van der Waals surface area (Å²) in [5, 5.41) is 3.42. The lowest BCUT2D eigenvalue weighted by Gasteiger charge is -2.20. The fourth-order valence-corrected chi connectivity index (χ4v) is 2.86. The maximum atomic E-state index is 12.4. The fraction of sp³-hybridized carbons (Fsp3) is 0.250. The van der Waals surface area contributed by atoms with E-state index < -0.39 is 0 Å². The molecule has 0 aliphatic carbocycles. The van der Waals surface area contributed by atoms with E-state index in [-0.39, 0.29) is 24.1 Å². The Bertz CT molecular complexity index is 1020. The van der Waals surface area contributed by atoms with Crippen LogP contribution in [-0.4, -0.2) is 36.6 Å². The first-order valence-electron chi connectivity index (χ1n) is 8.73. The fourth-order valence-electron chi connectivity index (χ4n) is 2.86. The van der Waals surface area contributed by atoms with Gasteiger partial charge in [-0.1, -0.05) is 18.2 Å². The topological polar surface area (TPSA) is 88.5 Å². The third kappa shape index (κ3) is 4.32. The molecule has 3 rings (SSSR count). The molecular weight excluding hydrogens is 344 g/mol. The number of hydrogen-bond donors (Lipinski definition) is 3. The molecule has 0 aliphatic rings. The van der Waals surface area contributed by atoms with Crippen molar-refractivity contribution in [2.24, 2.45) is 0 Å². The molecular formula is C20H23N4O3+. The van der Waals surface area contributed by atoms with Crippen molar-refractivity contribution in [1.82, 2.24) is 9.97 Å². The number of aromatic amines is 1. The minimum Gasteiger partial charge on any atom is -0.497 e. The molecule has 0 radical (unpaired) electrons. The Balaban J connectivity index is 1.70. The summed E-state index contributed by atoms with van der Waals surface area (Å²) in [6.07, 6.45) is 0. The van der Waals surface area contributed by atoms with Gasteiger partial charge < -0.3 is 19.9 Å². The van der Waals surface area contributed by atoms with Crippen molar-refractivity contribution in [3.05, 3.63) is 64.7 Å². The summed E-state index contributed by atoms with van der Waals surface area (Å²) in [7, 11) is 3.48. The van der Waals surface area contributed by atoms with Gasteiger partial charge >= 0.3 is 0 Å². The van der Waals surface area contributed by atoms with Gasteiger partial charge in [-0.05, 0) is 31.2 Å². The van der Waals surface area contributed by atoms with Crippen molar-refractivity contribution >= 4 is 22.5 Å². The zero-order chi connectivity index (χ0) is 19.4. The van der Waals surface area contributed by atoms with Gasteiger partial charge in [-0.3, -0.25) is 9.59 Å². The first kappa shape index (κ1) is 18.6. The number of amides is 1. The Kier molecular flexibility index (Phi) is 5.52. The number of carbonyl (C=O) groups is 1. The van der Waals surface area contributed by atoms with Crippen molar-refractivity contribution in [3.63, 3.8) is 0 Å². The van der Waals surface area contributed by atoms with E-state index in [1.54, 1.807) is 19.2 Å². The largest absolute Gasteiger partial charge is 0.497 e. The van der Waals surface area contributed by atoms with Crippen molar-refractivity contribution in [2.45, 2.75) is 13.0 Å². The van der Waals surface area contributed by atoms with Gasteiger partial charge in [0.05, 0.1) is 25.1 Å². The lowest BCUT2D eigenvalue weighted by molar-refractivity contribution is -0.902. The minimum atomic E-state index is -0.170. The molecule has 1 aromatic heterocycles. The van der Waals surface area contributed by atoms with Crippen molar-refractivity contribution in [3.8, 4) is 5.75 Å². The third-order valence-electron chi connectivity index (χ3n) is 4.57. The molecule has 7 nitrogen and oxygen atoms in total. The van der Waals surface area contributed by atoms with Crippen molar-refractivity contribution in [2.75, 3.05) is 26.0 Å². The van der Waals surface area contributed by atoms with Crippen LogP contribution in [0.3, 0.4) is 0 Å². The molecule has 3 aromatic rings. The number of ether oxygens (including phenoxy) is 1. The standard InChI is InChI=1S/C20H22N4O3/c1-13(19-22-17-10-5-4-9-16(17)20(26)23-19)24(2)12-18(25)21-14-7-6-8-15(11-14)27-3/h4-11,13H,12H2,1-3H3,(H,21,25)(H,22,23,26)/p+1/t13-/m1/s1. The molecule has 1 heterocycles. The molecule has 1 unspecified atom stereocenters. The number of fused-ring (bicyclic) bond motifs is 1. The number of nitrogens with one attached hydrogen (secondary N) is 3. The SMILES string of the molecule is COc1cccc(NC(=O)C[NH+](C)[C@H](C)c2nc3ccccc3c(=O)[nH]2)c1. The number of nitrogens with zero attached hydrogens (tertiary/aromatic N) is 1. The summed E-state index contributed by atoms with van der Waals surface area (Å²) in [4.78, 5) is 32.9. The number of aromatic nitrogens is 2. The lowest BCUT2D eigenvalue weighted by Crippen LogP contribution is -3.10. The predicted molar refractivity (Wildman–Crippen MR) is 104 cm³/mol. The average Bonchev–Trinajstić information content (AvgIpc) is 2.67. The Morgan fingerprint density at radius 1 is 1.26 bits per heavy atom. The molecule has 7 heteroatoms. The molecule has 27 heavy (non-hydrogen) atoms. The molecule has 0 bridgehead atoms. The van der Waals surface area contributed by atoms with Crippen LogP contribution >= 0.6 is 0 Å². The normalized spacial score (nSPS) is 13.1. The van der Waals surface area contributed by atoms with Crippen LogP contribution in [0.25, 0.3) is 10.9 Å². The van der Waals surface area contributed by atoms with Crippen LogP contribution in [0, 0.1) is 0 Å². The molecule has 0 aliphatic heterocycles. The zero-order valence-electron chi connectivity index (χ0n) is 15.6. The van der Waals surface area contributed by atoms with Gasteiger partial charge in [0, 0.05) is 11.8 Å². The second kappa shape index (κ2) is 8.01. The van der Waals surface area contributed by atoms with Gasteiger partial charge in [-0.2, -0.15) is 0 Å². The number of rotatable bonds is 6. The summed E-state index contributed by atoms with van der Waals surface area (Å²) in [6, 6.07) is 14.3. The maximum absolute atomic E-state index is 12.4. The van der Waals surface area contributed by atoms with Crippen LogP contribution in [0.5, 0.6) is 5.75 Å². The number of likely N-dealkylation sites (N-methyl/N-ethyl adjacent to an activating group) is 1. The van der Waals surface area contributed by atoms with E-state index in [0.717, 1.165) is 4.90 Å². The number of carbonyl (C=O) groups excluding carboxylic acids is 1. The van der Waals surface area contributed by atoms with Crippen molar-refractivity contribution in [1.29, 1.82) is 0 Å². The van der Waals surface area contributed by atoms with Crippen LogP contribution in [0.4, 0.5) is 5.69 Å². The van der Waals surface area contributed by atoms with Crippen LogP contribution in [0.15, 0.2) is 53.3 Å². The molecule has 0 spiro atoms. The number of benzene rings is 2. The third-order valence-corrected chi connectivity index (χ3v) is 4.57. The van der Waals surface area contributed by atoms with E-state index in [1.165, 1.54) is 0 Å². The van der Waals surface area contributed by atoms with E-state index >= 15 is 0 Å². The first-order chi connectivity index (χ1) is 13.0. The monoisotopic (exact) mass is 367 g/mol. The molecule has 0 saturated carbocycles. The highest BCUT2D eigenvalue weighted by molar-refractivity contribution is 5.91. The van der Waals surface area contributed by atoms with E-state index in [4.69, 9.17) is 4.74 Å². The van der Waals surface area contributed by atoms with Gasteiger partial charge in [-0.15, -0.1) is 0 Å². The highest BCUT2D eigenvalue weighted by Gasteiger charge is 2.21. The summed E-state index contributed by atoms with van der Waals surface area (Å²) >= 11 is 0. The predicted octanol–water partition coefficient (Wildman–Crippen LogP) is 1.15. The quantitative estimate of drug-likeness (QED) is 0.610. The number of hydrogen-bond acceptors (Lipinski definition) is 4. The molecule has 1 amide bonds. The molecule has 3 N–H and O–H groups in total. The van der Waals surface area contributed by atoms with Crippen LogP contribution in [0.1, 0.15) is 18.8 Å². The van der Waals surface area contributed by atoms with Crippen molar-refractivity contribution < 1.29 is 14.4 Å². The van der Waals surface area contributed by atoms with E-state index in [2.05, 4.69) is 15.3 Å². The first-order valence-corrected chi connectivity index (χ1v) is 8.73. The highest BCUT2D eigenvalue weighted by atomic mass is 16.5. The zero-order valence-corrected chi connectivity index (χ0v) is 15.6. The van der Waals surface area contributed by atoms with Gasteiger partial charge in [0.15, 0.2) is 12.4 Å². The molecule has 140 valence electrons. The number of quaternary nitrogens is 1. The number of anilines is 1.